The molecule has 0 aromatic carbocycles. The Morgan fingerprint density at radius 3 is 2.84 bits per heavy atom. The van der Waals surface area contributed by atoms with Crippen LogP contribution in [0.2, 0.25) is 0 Å². The molecule has 2 aromatic heterocycles. The smallest absolute Gasteiger partial charge is 0.175 e. The maximum atomic E-state index is 9.42. The number of nitriles is 1. The van der Waals surface area contributed by atoms with Gasteiger partial charge in [0.25, 0.3) is 0 Å². The van der Waals surface area contributed by atoms with Crippen molar-refractivity contribution in [3.8, 4) is 6.07 Å². The second-order valence-corrected chi connectivity index (χ2v) is 6.86. The van der Waals surface area contributed by atoms with Crippen LogP contribution < -0.4 is 4.90 Å². The molecule has 0 spiro atoms. The largest absolute Gasteiger partial charge is 0.379 e. The van der Waals surface area contributed by atoms with Crippen molar-refractivity contribution < 1.29 is 4.74 Å². The topological polar surface area (TPSA) is 69.7 Å². The van der Waals surface area contributed by atoms with Gasteiger partial charge in [0.05, 0.1) is 25.1 Å². The summed E-state index contributed by atoms with van der Waals surface area (Å²) in [6.45, 7) is 9.67. The van der Waals surface area contributed by atoms with Gasteiger partial charge in [-0.2, -0.15) is 14.9 Å². The molecular formula is C18H24N6O. The third kappa shape index (κ3) is 2.75. The third-order valence-electron chi connectivity index (χ3n) is 5.40. The van der Waals surface area contributed by atoms with Gasteiger partial charge in [-0.1, -0.05) is 6.92 Å². The van der Waals surface area contributed by atoms with Gasteiger partial charge in [-0.15, -0.1) is 0 Å². The van der Waals surface area contributed by atoms with Gasteiger partial charge < -0.3 is 9.64 Å². The van der Waals surface area contributed by atoms with Gasteiger partial charge in [0.1, 0.15) is 17.5 Å². The van der Waals surface area contributed by atoms with Crippen LogP contribution in [-0.2, 0) is 17.7 Å². The quantitative estimate of drug-likeness (QED) is 0.842. The molecule has 1 fully saturated rings. The normalized spacial score (nSPS) is 19.2. The van der Waals surface area contributed by atoms with Gasteiger partial charge in [0, 0.05) is 37.8 Å². The highest BCUT2D eigenvalue weighted by Crippen LogP contribution is 2.34. The van der Waals surface area contributed by atoms with Crippen molar-refractivity contribution in [2.45, 2.75) is 39.3 Å². The van der Waals surface area contributed by atoms with Gasteiger partial charge in [0.2, 0.25) is 0 Å². The van der Waals surface area contributed by atoms with E-state index in [0.29, 0.717) is 17.3 Å². The lowest BCUT2D eigenvalue weighted by Gasteiger charge is -2.28. The van der Waals surface area contributed by atoms with Crippen LogP contribution >= 0.6 is 0 Å². The summed E-state index contributed by atoms with van der Waals surface area (Å²) in [5.41, 5.74) is 3.60. The predicted molar refractivity (Wildman–Crippen MR) is 94.6 cm³/mol. The lowest BCUT2D eigenvalue weighted by molar-refractivity contribution is 0.0336. The van der Waals surface area contributed by atoms with Crippen LogP contribution in [0.5, 0.6) is 0 Å². The Kier molecular flexibility index (Phi) is 4.32. The predicted octanol–water partition coefficient (Wildman–Crippen LogP) is 1.59. The molecule has 1 saturated heterocycles. The van der Waals surface area contributed by atoms with Crippen LogP contribution in [-0.4, -0.2) is 58.4 Å². The second kappa shape index (κ2) is 6.62. The molecule has 0 saturated carbocycles. The Labute approximate surface area is 147 Å². The fourth-order valence-corrected chi connectivity index (χ4v) is 3.78. The molecule has 1 unspecified atom stereocenters. The molecular weight excluding hydrogens is 316 g/mol. The van der Waals surface area contributed by atoms with E-state index in [-0.39, 0.29) is 0 Å². The molecule has 7 heteroatoms. The van der Waals surface area contributed by atoms with E-state index >= 15 is 0 Å². The Morgan fingerprint density at radius 2 is 2.12 bits per heavy atom. The van der Waals surface area contributed by atoms with E-state index in [1.807, 2.05) is 4.52 Å². The summed E-state index contributed by atoms with van der Waals surface area (Å²) >= 11 is 0. The summed E-state index contributed by atoms with van der Waals surface area (Å²) in [7, 11) is 0. The van der Waals surface area contributed by atoms with Crippen LogP contribution in [0, 0.1) is 11.3 Å². The van der Waals surface area contributed by atoms with E-state index in [1.165, 1.54) is 5.56 Å². The summed E-state index contributed by atoms with van der Waals surface area (Å²) in [5, 5.41) is 13.9. The molecule has 0 aliphatic carbocycles. The maximum Gasteiger partial charge on any atom is 0.175 e. The molecule has 4 heterocycles. The average molecular weight is 340 g/mol. The SMILES string of the molecule is CCC(C)N1CCc2c(CN3CCOCC3)nc3c(C#N)cnn3c21. The number of fused-ring (bicyclic) bond motifs is 3. The second-order valence-electron chi connectivity index (χ2n) is 6.86. The van der Waals surface area contributed by atoms with Crippen molar-refractivity contribution >= 4 is 11.5 Å². The van der Waals surface area contributed by atoms with E-state index in [1.54, 1.807) is 6.20 Å². The van der Waals surface area contributed by atoms with Crippen molar-refractivity contribution in [1.29, 1.82) is 5.26 Å². The van der Waals surface area contributed by atoms with Gasteiger partial charge in [-0.05, 0) is 19.8 Å². The summed E-state index contributed by atoms with van der Waals surface area (Å²) in [6.07, 6.45) is 3.70. The van der Waals surface area contributed by atoms with Gasteiger partial charge >= 0.3 is 0 Å². The van der Waals surface area contributed by atoms with E-state index in [0.717, 1.165) is 63.7 Å². The van der Waals surface area contributed by atoms with Gasteiger partial charge in [0.15, 0.2) is 5.65 Å². The monoisotopic (exact) mass is 340 g/mol. The molecule has 1 atom stereocenters. The van der Waals surface area contributed by atoms with Crippen LogP contribution in [0.3, 0.4) is 0 Å². The fourth-order valence-electron chi connectivity index (χ4n) is 3.78. The number of aromatic nitrogens is 3. The zero-order valence-electron chi connectivity index (χ0n) is 14.9. The zero-order valence-corrected chi connectivity index (χ0v) is 14.9. The summed E-state index contributed by atoms with van der Waals surface area (Å²) in [6, 6.07) is 2.67. The van der Waals surface area contributed by atoms with Gasteiger partial charge in [-0.3, -0.25) is 4.90 Å². The van der Waals surface area contributed by atoms with Gasteiger partial charge in [-0.25, -0.2) is 4.98 Å². The van der Waals surface area contributed by atoms with E-state index in [2.05, 4.69) is 34.8 Å². The molecule has 7 nitrogen and oxygen atoms in total. The highest BCUT2D eigenvalue weighted by atomic mass is 16.5. The molecule has 0 radical (unpaired) electrons. The molecule has 0 N–H and O–H groups in total. The first-order chi connectivity index (χ1) is 12.2. The molecule has 2 aliphatic rings. The van der Waals surface area contributed by atoms with Crippen LogP contribution in [0.15, 0.2) is 6.20 Å². The number of morpholine rings is 1. The lowest BCUT2D eigenvalue weighted by Crippen LogP contribution is -2.36. The average Bonchev–Trinajstić information content (AvgIpc) is 3.25. The standard InChI is InChI=1S/C18H24N6O/c1-3-13(2)23-5-4-15-16(12-22-6-8-25-9-7-22)21-17-14(10-19)11-20-24(17)18(15)23/h11,13H,3-9,12H2,1-2H3. The Hall–Kier alpha value is -2.17. The number of hydrogen-bond acceptors (Lipinski definition) is 6. The maximum absolute atomic E-state index is 9.42. The molecule has 0 amide bonds. The van der Waals surface area contributed by atoms with Crippen molar-refractivity contribution in [3.63, 3.8) is 0 Å². The van der Waals surface area contributed by atoms with Crippen molar-refractivity contribution in [2.75, 3.05) is 37.7 Å². The van der Waals surface area contributed by atoms with Crippen molar-refractivity contribution in [3.05, 3.63) is 23.0 Å². The van der Waals surface area contributed by atoms with E-state index in [4.69, 9.17) is 9.72 Å². The summed E-state index contributed by atoms with van der Waals surface area (Å²) < 4.78 is 7.33. The Balaban J connectivity index is 1.82. The van der Waals surface area contributed by atoms with Crippen LogP contribution in [0.1, 0.15) is 37.1 Å². The minimum Gasteiger partial charge on any atom is -0.379 e. The lowest BCUT2D eigenvalue weighted by atomic mass is 10.1. The first kappa shape index (κ1) is 16.3. The third-order valence-corrected chi connectivity index (χ3v) is 5.40. The van der Waals surface area contributed by atoms with Crippen molar-refractivity contribution in [1.82, 2.24) is 19.5 Å². The molecule has 0 bridgehead atoms. The highest BCUT2D eigenvalue weighted by molar-refractivity contribution is 5.65. The number of hydrogen-bond donors (Lipinski definition) is 0. The number of rotatable bonds is 4. The number of anilines is 1. The van der Waals surface area contributed by atoms with Crippen LogP contribution in [0.4, 0.5) is 5.82 Å². The van der Waals surface area contributed by atoms with Crippen molar-refractivity contribution in [2.24, 2.45) is 0 Å². The highest BCUT2D eigenvalue weighted by Gasteiger charge is 2.30. The zero-order chi connectivity index (χ0) is 17.4. The molecule has 132 valence electrons. The summed E-state index contributed by atoms with van der Waals surface area (Å²) in [5.74, 6) is 1.13. The molecule has 25 heavy (non-hydrogen) atoms. The van der Waals surface area contributed by atoms with E-state index in [9.17, 15) is 5.26 Å². The first-order valence-corrected chi connectivity index (χ1v) is 9.09. The Morgan fingerprint density at radius 1 is 1.32 bits per heavy atom. The molecule has 2 aromatic rings. The number of nitrogens with zero attached hydrogens (tertiary/aromatic N) is 6. The minimum absolute atomic E-state index is 0.442. The van der Waals surface area contributed by atoms with E-state index < -0.39 is 0 Å². The fraction of sp³-hybridized carbons (Fsp3) is 0.611. The molecule has 4 rings (SSSR count). The van der Waals surface area contributed by atoms with Crippen LogP contribution in [0.25, 0.3) is 5.65 Å². The first-order valence-electron chi connectivity index (χ1n) is 9.09. The summed E-state index contributed by atoms with van der Waals surface area (Å²) in [4.78, 5) is 9.66. The number of ether oxygens (including phenoxy) is 1. The minimum atomic E-state index is 0.442. The Bertz CT molecular complexity index is 817. The molecule has 2 aliphatic heterocycles.